The average Bonchev–Trinajstić information content (AvgIpc) is 2.35. The summed E-state index contributed by atoms with van der Waals surface area (Å²) in [4.78, 5) is 0. The lowest BCUT2D eigenvalue weighted by molar-refractivity contribution is 0.385. The molecule has 1 saturated carbocycles. The van der Waals surface area contributed by atoms with E-state index in [4.69, 9.17) is 0 Å². The summed E-state index contributed by atoms with van der Waals surface area (Å²) in [6, 6.07) is 0. The van der Waals surface area contributed by atoms with E-state index in [1.165, 1.54) is 44.9 Å². The lowest BCUT2D eigenvalue weighted by Crippen LogP contribution is -1.99. The molecule has 0 bridgehead atoms. The predicted octanol–water partition coefficient (Wildman–Crippen LogP) is 7.37. The Morgan fingerprint density at radius 2 is 1.00 bits per heavy atom. The van der Waals surface area contributed by atoms with Crippen molar-refractivity contribution in [2.24, 2.45) is 5.92 Å². The second-order valence-corrected chi connectivity index (χ2v) is 5.66. The van der Waals surface area contributed by atoms with Gasteiger partial charge in [0, 0.05) is 0 Å². The molecule has 0 spiro atoms. The van der Waals surface area contributed by atoms with E-state index in [2.05, 4.69) is 47.9 Å². The quantitative estimate of drug-likeness (QED) is 0.406. The highest BCUT2D eigenvalue weighted by molar-refractivity contribution is 7.35. The fraction of sp³-hybridized carbons (Fsp3) is 1.00. The molecule has 18 heavy (non-hydrogen) atoms. The molecule has 0 atom stereocenters. The van der Waals surface area contributed by atoms with Gasteiger partial charge in [0.2, 0.25) is 0 Å². The summed E-state index contributed by atoms with van der Waals surface area (Å²) >= 11 is 0. The van der Waals surface area contributed by atoms with Crippen LogP contribution in [0.2, 0.25) is 0 Å². The molecule has 1 heteroatoms. The first-order chi connectivity index (χ1) is 8.64. The molecule has 0 aromatic heterocycles. The minimum atomic E-state index is 1.04. The maximum absolute atomic E-state index is 2.36. The summed E-state index contributed by atoms with van der Waals surface area (Å²) in [5.41, 5.74) is 0. The number of hydrogen-bond donors (Lipinski definition) is 0. The second-order valence-electron chi connectivity index (χ2n) is 4.66. The Hall–Kier alpha value is 0.430. The standard InChI is InChI=1S/C7H14.2C3H8.C2H7P.C2H6/c1-7-5-3-2-4-6-7;3*1-3-2;1-2/h7H,2-6H2,1H3;2*3H2,1-2H3;3H,1-2H3;1-2H3. The van der Waals surface area contributed by atoms with E-state index in [0.29, 0.717) is 0 Å². The third kappa shape index (κ3) is 55.0. The minimum Gasteiger partial charge on any atom is -0.129 e. The Kier molecular flexibility index (Phi) is 53.8. The highest BCUT2D eigenvalue weighted by Gasteiger charge is 2.05. The summed E-state index contributed by atoms with van der Waals surface area (Å²) in [6.45, 7) is 19.2. The van der Waals surface area contributed by atoms with Gasteiger partial charge >= 0.3 is 0 Å². The second kappa shape index (κ2) is 36.0. The first-order valence-corrected chi connectivity index (χ1v) is 10.2. The van der Waals surface area contributed by atoms with Gasteiger partial charge in [-0.1, -0.05) is 93.4 Å². The zero-order chi connectivity index (χ0) is 15.2. The predicted molar refractivity (Wildman–Crippen MR) is 95.7 cm³/mol. The van der Waals surface area contributed by atoms with E-state index in [1.807, 2.05) is 13.8 Å². The molecule has 0 saturated heterocycles. The van der Waals surface area contributed by atoms with Crippen molar-refractivity contribution in [3.8, 4) is 0 Å². The summed E-state index contributed by atoms with van der Waals surface area (Å²) in [5, 5.41) is 0. The van der Waals surface area contributed by atoms with E-state index < -0.39 is 0 Å². The SMILES string of the molecule is CC.CC1CCCCC1.CCC.CCC.CPC. The van der Waals surface area contributed by atoms with Crippen molar-refractivity contribution in [1.82, 2.24) is 0 Å². The van der Waals surface area contributed by atoms with Crippen LogP contribution in [0.1, 0.15) is 93.4 Å². The van der Waals surface area contributed by atoms with E-state index >= 15 is 0 Å². The largest absolute Gasteiger partial charge is 0.129 e. The Balaban J connectivity index is -0.0000000769. The van der Waals surface area contributed by atoms with Crippen molar-refractivity contribution >= 4 is 8.58 Å². The van der Waals surface area contributed by atoms with E-state index in [1.54, 1.807) is 0 Å². The first-order valence-electron chi connectivity index (χ1n) is 8.22. The van der Waals surface area contributed by atoms with Crippen LogP contribution in [0, 0.1) is 5.92 Å². The van der Waals surface area contributed by atoms with Crippen LogP contribution < -0.4 is 0 Å². The molecule has 1 fully saturated rings. The van der Waals surface area contributed by atoms with Gasteiger partial charge in [0.05, 0.1) is 0 Å². The molecule has 0 unspecified atom stereocenters. The highest BCUT2D eigenvalue weighted by Crippen LogP contribution is 2.22. The zero-order valence-corrected chi connectivity index (χ0v) is 16.0. The fourth-order valence-electron chi connectivity index (χ4n) is 1.31. The van der Waals surface area contributed by atoms with Crippen LogP contribution >= 0.6 is 8.58 Å². The van der Waals surface area contributed by atoms with Crippen LogP contribution in [0.3, 0.4) is 0 Å². The number of hydrogen-bond acceptors (Lipinski definition) is 0. The summed E-state index contributed by atoms with van der Waals surface area (Å²) < 4.78 is 0. The maximum atomic E-state index is 2.36. The number of rotatable bonds is 0. The summed E-state index contributed by atoms with van der Waals surface area (Å²) in [6.07, 6.45) is 9.94. The fourth-order valence-corrected chi connectivity index (χ4v) is 1.31. The molecule has 1 aliphatic rings. The van der Waals surface area contributed by atoms with Crippen molar-refractivity contribution in [2.45, 2.75) is 93.4 Å². The monoisotopic (exact) mass is 278 g/mol. The topological polar surface area (TPSA) is 0 Å². The molecule has 0 N–H and O–H groups in total. The smallest absolute Gasteiger partial charge is 0.0443 e. The van der Waals surface area contributed by atoms with Gasteiger partial charge in [-0.25, -0.2) is 0 Å². The Morgan fingerprint density at radius 1 is 0.778 bits per heavy atom. The minimum absolute atomic E-state index is 1.04. The molecule has 1 aliphatic carbocycles. The van der Waals surface area contributed by atoms with Gasteiger partial charge in [-0.05, 0) is 19.2 Å². The molecule has 0 nitrogen and oxygen atoms in total. The van der Waals surface area contributed by atoms with Gasteiger partial charge in [0.15, 0.2) is 0 Å². The van der Waals surface area contributed by atoms with Crippen LogP contribution in [0.5, 0.6) is 0 Å². The molecule has 0 aromatic rings. The van der Waals surface area contributed by atoms with Crippen molar-refractivity contribution in [3.05, 3.63) is 0 Å². The molecule has 116 valence electrons. The van der Waals surface area contributed by atoms with Gasteiger partial charge in [-0.15, -0.1) is 8.58 Å². The maximum Gasteiger partial charge on any atom is -0.0443 e. The first kappa shape index (κ1) is 26.9. The third-order valence-corrected chi connectivity index (χ3v) is 1.89. The van der Waals surface area contributed by atoms with Crippen LogP contribution in [-0.4, -0.2) is 13.3 Å². The van der Waals surface area contributed by atoms with E-state index in [9.17, 15) is 0 Å². The van der Waals surface area contributed by atoms with Crippen molar-refractivity contribution in [1.29, 1.82) is 0 Å². The summed E-state index contributed by atoms with van der Waals surface area (Å²) in [5.74, 6) is 1.04. The molecule has 0 heterocycles. The molecular formula is C17H43P. The van der Waals surface area contributed by atoms with Crippen molar-refractivity contribution < 1.29 is 0 Å². The van der Waals surface area contributed by atoms with Gasteiger partial charge in [0.1, 0.15) is 0 Å². The molecule has 0 radical (unpaired) electrons. The van der Waals surface area contributed by atoms with E-state index in [-0.39, 0.29) is 0 Å². The van der Waals surface area contributed by atoms with Crippen LogP contribution in [0.15, 0.2) is 0 Å². The van der Waals surface area contributed by atoms with Crippen molar-refractivity contribution in [2.75, 3.05) is 13.3 Å². The van der Waals surface area contributed by atoms with Gasteiger partial charge in [-0.2, -0.15) is 0 Å². The molecule has 0 aliphatic heterocycles. The highest BCUT2D eigenvalue weighted by atomic mass is 31.1. The van der Waals surface area contributed by atoms with Gasteiger partial charge < -0.3 is 0 Å². The van der Waals surface area contributed by atoms with E-state index in [0.717, 1.165) is 14.5 Å². The Labute approximate surface area is 122 Å². The van der Waals surface area contributed by atoms with Crippen LogP contribution in [-0.2, 0) is 0 Å². The van der Waals surface area contributed by atoms with Crippen LogP contribution in [0.4, 0.5) is 0 Å². The Bertz CT molecular complexity index is 70.9. The molecule has 0 amide bonds. The average molecular weight is 279 g/mol. The lowest BCUT2D eigenvalue weighted by Gasteiger charge is -2.15. The lowest BCUT2D eigenvalue weighted by atomic mass is 9.91. The Morgan fingerprint density at radius 3 is 1.11 bits per heavy atom. The van der Waals surface area contributed by atoms with Gasteiger partial charge in [0.25, 0.3) is 0 Å². The normalized spacial score (nSPS) is 13.2. The molecular weight excluding hydrogens is 235 g/mol. The van der Waals surface area contributed by atoms with Crippen molar-refractivity contribution in [3.63, 3.8) is 0 Å². The van der Waals surface area contributed by atoms with Crippen LogP contribution in [0.25, 0.3) is 0 Å². The molecule has 0 aromatic carbocycles. The molecule has 1 rings (SSSR count). The summed E-state index contributed by atoms with van der Waals surface area (Å²) in [7, 11) is 1.08. The van der Waals surface area contributed by atoms with Gasteiger partial charge in [-0.3, -0.25) is 0 Å². The third-order valence-electron chi connectivity index (χ3n) is 1.89. The zero-order valence-electron chi connectivity index (χ0n) is 15.0.